The average Bonchev–Trinajstić information content (AvgIpc) is 3.02. The zero-order valence-corrected chi connectivity index (χ0v) is 12.2. The maximum atomic E-state index is 12.2. The van der Waals surface area contributed by atoms with Crippen molar-refractivity contribution in [1.29, 1.82) is 0 Å². The molecule has 0 spiro atoms. The van der Waals surface area contributed by atoms with Gasteiger partial charge in [0.05, 0.1) is 17.6 Å². The molecule has 1 aromatic heterocycles. The maximum absolute atomic E-state index is 12.2. The zero-order valence-electron chi connectivity index (χ0n) is 12.2. The lowest BCUT2D eigenvalue weighted by Crippen LogP contribution is -2.31. The van der Waals surface area contributed by atoms with Gasteiger partial charge in [-0.15, -0.1) is 0 Å². The van der Waals surface area contributed by atoms with Crippen LogP contribution < -0.4 is 4.90 Å². The first kappa shape index (κ1) is 13.5. The van der Waals surface area contributed by atoms with Crippen LogP contribution in [0.25, 0.3) is 0 Å². The number of nitrogens with zero attached hydrogens (tertiary/aromatic N) is 3. The molecule has 0 N–H and O–H groups in total. The summed E-state index contributed by atoms with van der Waals surface area (Å²) in [5, 5.41) is 0. The van der Waals surface area contributed by atoms with Crippen molar-refractivity contribution in [2.75, 3.05) is 11.4 Å². The maximum Gasteiger partial charge on any atom is 0.299 e. The van der Waals surface area contributed by atoms with Gasteiger partial charge < -0.3 is 9.47 Å². The van der Waals surface area contributed by atoms with E-state index in [0.717, 1.165) is 29.8 Å². The number of benzene rings is 1. The lowest BCUT2D eigenvalue weighted by molar-refractivity contribution is -0.114. The predicted molar refractivity (Wildman–Crippen MR) is 79.4 cm³/mol. The number of imidazole rings is 1. The second-order valence-electron chi connectivity index (χ2n) is 5.42. The second kappa shape index (κ2) is 5.16. The van der Waals surface area contributed by atoms with Crippen LogP contribution in [0.2, 0.25) is 0 Å². The van der Waals surface area contributed by atoms with Crippen molar-refractivity contribution in [3.8, 4) is 0 Å². The van der Waals surface area contributed by atoms with Crippen LogP contribution in [-0.2, 0) is 11.3 Å². The standard InChI is InChI=1S/C16H17N3O2/c1-11-8-12(2)14-13(9-11)15(20)16(21)19(14)6-3-5-18-7-4-17-10-18/h4,7-10H,3,5-6H2,1-2H3. The highest BCUT2D eigenvalue weighted by atomic mass is 16.2. The number of aryl methyl sites for hydroxylation is 3. The first-order valence-corrected chi connectivity index (χ1v) is 7.01. The van der Waals surface area contributed by atoms with Gasteiger partial charge in [-0.2, -0.15) is 0 Å². The number of carbonyl (C=O) groups is 2. The largest absolute Gasteiger partial charge is 0.337 e. The quantitative estimate of drug-likeness (QED) is 0.808. The molecule has 0 fully saturated rings. The minimum Gasteiger partial charge on any atom is -0.337 e. The SMILES string of the molecule is Cc1cc(C)c2c(c1)C(=O)C(=O)N2CCCn1ccnc1. The number of anilines is 1. The monoisotopic (exact) mass is 283 g/mol. The van der Waals surface area contributed by atoms with Crippen molar-refractivity contribution in [2.45, 2.75) is 26.8 Å². The molecule has 1 aliphatic heterocycles. The Hall–Kier alpha value is -2.43. The van der Waals surface area contributed by atoms with Gasteiger partial charge in [-0.1, -0.05) is 6.07 Å². The van der Waals surface area contributed by atoms with E-state index < -0.39 is 5.91 Å². The summed E-state index contributed by atoms with van der Waals surface area (Å²) >= 11 is 0. The third-order valence-electron chi connectivity index (χ3n) is 3.76. The molecule has 5 nitrogen and oxygen atoms in total. The van der Waals surface area contributed by atoms with E-state index in [4.69, 9.17) is 0 Å². The fourth-order valence-electron chi connectivity index (χ4n) is 2.87. The molecule has 108 valence electrons. The highest BCUT2D eigenvalue weighted by molar-refractivity contribution is 6.52. The molecule has 0 saturated carbocycles. The Bertz CT molecular complexity index is 705. The van der Waals surface area contributed by atoms with Crippen LogP contribution >= 0.6 is 0 Å². The Balaban J connectivity index is 1.81. The normalized spacial score (nSPS) is 13.9. The summed E-state index contributed by atoms with van der Waals surface area (Å²) in [5.74, 6) is -0.802. The van der Waals surface area contributed by atoms with Crippen LogP contribution in [0, 0.1) is 13.8 Å². The fraction of sp³-hybridized carbons (Fsp3) is 0.312. The van der Waals surface area contributed by atoms with Crippen molar-refractivity contribution >= 4 is 17.4 Å². The first-order chi connectivity index (χ1) is 10.1. The van der Waals surface area contributed by atoms with Gasteiger partial charge in [0.25, 0.3) is 11.7 Å². The topological polar surface area (TPSA) is 55.2 Å². The summed E-state index contributed by atoms with van der Waals surface area (Å²) in [6.45, 7) is 5.20. The summed E-state index contributed by atoms with van der Waals surface area (Å²) in [5.41, 5.74) is 3.31. The molecule has 0 unspecified atom stereocenters. The van der Waals surface area contributed by atoms with Crippen molar-refractivity contribution in [3.05, 3.63) is 47.5 Å². The van der Waals surface area contributed by atoms with E-state index in [2.05, 4.69) is 4.98 Å². The Morgan fingerprint density at radius 3 is 2.67 bits per heavy atom. The molecule has 0 radical (unpaired) electrons. The molecule has 1 amide bonds. The van der Waals surface area contributed by atoms with Crippen LogP contribution in [0.15, 0.2) is 30.9 Å². The Morgan fingerprint density at radius 2 is 1.95 bits per heavy atom. The van der Waals surface area contributed by atoms with E-state index in [1.54, 1.807) is 23.5 Å². The third-order valence-corrected chi connectivity index (χ3v) is 3.76. The summed E-state index contributed by atoms with van der Waals surface area (Å²) in [7, 11) is 0. The van der Waals surface area contributed by atoms with E-state index in [1.807, 2.05) is 30.7 Å². The van der Waals surface area contributed by atoms with Gasteiger partial charge in [0.1, 0.15) is 0 Å². The van der Waals surface area contributed by atoms with Crippen LogP contribution in [0.3, 0.4) is 0 Å². The summed E-state index contributed by atoms with van der Waals surface area (Å²) in [6.07, 6.45) is 6.15. The van der Waals surface area contributed by atoms with E-state index in [0.29, 0.717) is 12.1 Å². The molecule has 3 rings (SSSR count). The summed E-state index contributed by atoms with van der Waals surface area (Å²) in [6, 6.07) is 3.81. The van der Waals surface area contributed by atoms with Gasteiger partial charge in [0, 0.05) is 25.5 Å². The number of Topliss-reactive ketones (excluding diaryl/α,β-unsaturated/α-hetero) is 1. The molecule has 0 atom stereocenters. The third kappa shape index (κ3) is 2.35. The number of hydrogen-bond acceptors (Lipinski definition) is 3. The molecule has 2 heterocycles. The minimum absolute atomic E-state index is 0.389. The smallest absolute Gasteiger partial charge is 0.299 e. The van der Waals surface area contributed by atoms with Gasteiger partial charge in [-0.25, -0.2) is 4.98 Å². The zero-order chi connectivity index (χ0) is 15.0. The van der Waals surface area contributed by atoms with Crippen molar-refractivity contribution < 1.29 is 9.59 Å². The molecule has 21 heavy (non-hydrogen) atoms. The summed E-state index contributed by atoms with van der Waals surface area (Å²) < 4.78 is 1.96. The van der Waals surface area contributed by atoms with Crippen molar-refractivity contribution in [1.82, 2.24) is 9.55 Å². The highest BCUT2D eigenvalue weighted by Crippen LogP contribution is 2.33. The first-order valence-electron chi connectivity index (χ1n) is 7.01. The minimum atomic E-state index is -0.413. The molecular formula is C16H17N3O2. The lowest BCUT2D eigenvalue weighted by atomic mass is 10.0. The number of aromatic nitrogens is 2. The van der Waals surface area contributed by atoms with E-state index >= 15 is 0 Å². The van der Waals surface area contributed by atoms with Gasteiger partial charge in [0.2, 0.25) is 0 Å². The predicted octanol–water partition coefficient (Wildman–Crippen LogP) is 2.12. The van der Waals surface area contributed by atoms with Gasteiger partial charge in [-0.05, 0) is 37.5 Å². The number of rotatable bonds is 4. The van der Waals surface area contributed by atoms with Crippen molar-refractivity contribution in [3.63, 3.8) is 0 Å². The number of amides is 1. The van der Waals surface area contributed by atoms with Crippen molar-refractivity contribution in [2.24, 2.45) is 0 Å². The van der Waals surface area contributed by atoms with Gasteiger partial charge >= 0.3 is 0 Å². The Kier molecular flexibility index (Phi) is 3.33. The number of ketones is 1. The molecule has 2 aromatic rings. The van der Waals surface area contributed by atoms with Gasteiger partial charge in [0.15, 0.2) is 0 Å². The van der Waals surface area contributed by atoms with Crippen LogP contribution in [0.1, 0.15) is 27.9 Å². The highest BCUT2D eigenvalue weighted by Gasteiger charge is 2.36. The van der Waals surface area contributed by atoms with Crippen LogP contribution in [-0.4, -0.2) is 27.8 Å². The van der Waals surface area contributed by atoms with Crippen LogP contribution in [0.4, 0.5) is 5.69 Å². The molecular weight excluding hydrogens is 266 g/mol. The Labute approximate surface area is 123 Å². The van der Waals surface area contributed by atoms with E-state index in [-0.39, 0.29) is 5.78 Å². The molecule has 0 aliphatic carbocycles. The average molecular weight is 283 g/mol. The van der Waals surface area contributed by atoms with Gasteiger partial charge in [-0.3, -0.25) is 9.59 Å². The lowest BCUT2D eigenvalue weighted by Gasteiger charge is -2.18. The van der Waals surface area contributed by atoms with E-state index in [9.17, 15) is 9.59 Å². The van der Waals surface area contributed by atoms with E-state index in [1.165, 1.54) is 0 Å². The number of hydrogen-bond donors (Lipinski definition) is 0. The summed E-state index contributed by atoms with van der Waals surface area (Å²) in [4.78, 5) is 29.9. The fourth-order valence-corrected chi connectivity index (χ4v) is 2.87. The molecule has 0 saturated heterocycles. The molecule has 1 aliphatic rings. The number of carbonyl (C=O) groups excluding carboxylic acids is 2. The molecule has 0 bridgehead atoms. The molecule has 1 aromatic carbocycles. The van der Waals surface area contributed by atoms with Crippen LogP contribution in [0.5, 0.6) is 0 Å². The second-order valence-corrected chi connectivity index (χ2v) is 5.42. The molecule has 5 heteroatoms. The number of fused-ring (bicyclic) bond motifs is 1. The Morgan fingerprint density at radius 1 is 1.14 bits per heavy atom.